The number of aromatic carboxylic acids is 1. The van der Waals surface area contributed by atoms with Gasteiger partial charge < -0.3 is 9.67 Å². The lowest BCUT2D eigenvalue weighted by atomic mass is 10.2. The summed E-state index contributed by atoms with van der Waals surface area (Å²) in [5.41, 5.74) is 1.62. The standard InChI is InChI=1S/C14H15N5O2/c1-2-12-16-13-10(14(20)21)4-3-5-11(13)19(12)9-8-18-7-6-15-17-18/h3-7H,2,8-9H2,1H3,(H,20,21). The van der Waals surface area contributed by atoms with Crippen LogP contribution < -0.4 is 0 Å². The average molecular weight is 285 g/mol. The van der Waals surface area contributed by atoms with Gasteiger partial charge in [0.2, 0.25) is 0 Å². The molecular formula is C14H15N5O2. The van der Waals surface area contributed by atoms with Crippen LogP contribution in [-0.2, 0) is 19.5 Å². The van der Waals surface area contributed by atoms with Gasteiger partial charge in [-0.3, -0.25) is 4.68 Å². The fourth-order valence-electron chi connectivity index (χ4n) is 2.44. The van der Waals surface area contributed by atoms with Crippen LogP contribution in [0.4, 0.5) is 0 Å². The Balaban J connectivity index is 2.04. The van der Waals surface area contributed by atoms with E-state index in [0.717, 1.165) is 17.8 Å². The molecule has 0 saturated carbocycles. The summed E-state index contributed by atoms with van der Waals surface area (Å²) in [6.07, 6.45) is 4.17. The lowest BCUT2D eigenvalue weighted by molar-refractivity contribution is 0.0699. The molecule has 2 aromatic heterocycles. The molecule has 7 heteroatoms. The average Bonchev–Trinajstić information content (AvgIpc) is 3.11. The highest BCUT2D eigenvalue weighted by atomic mass is 16.4. The van der Waals surface area contributed by atoms with Crippen molar-refractivity contribution in [1.82, 2.24) is 24.5 Å². The van der Waals surface area contributed by atoms with Crippen molar-refractivity contribution in [3.63, 3.8) is 0 Å². The maximum absolute atomic E-state index is 11.3. The number of imidazole rings is 1. The van der Waals surface area contributed by atoms with Crippen LogP contribution in [0, 0.1) is 0 Å². The number of nitrogens with zero attached hydrogens (tertiary/aromatic N) is 5. The number of hydrogen-bond acceptors (Lipinski definition) is 4. The van der Waals surface area contributed by atoms with Gasteiger partial charge in [0.25, 0.3) is 0 Å². The quantitative estimate of drug-likeness (QED) is 0.769. The number of carbonyl (C=O) groups is 1. The molecule has 1 aromatic carbocycles. The van der Waals surface area contributed by atoms with Crippen molar-refractivity contribution in [2.75, 3.05) is 0 Å². The van der Waals surface area contributed by atoms with Crippen molar-refractivity contribution >= 4 is 17.0 Å². The highest BCUT2D eigenvalue weighted by Gasteiger charge is 2.15. The van der Waals surface area contributed by atoms with Gasteiger partial charge in [-0.05, 0) is 12.1 Å². The molecule has 1 N–H and O–H groups in total. The Hall–Kier alpha value is -2.70. The van der Waals surface area contributed by atoms with Crippen molar-refractivity contribution in [2.45, 2.75) is 26.4 Å². The van der Waals surface area contributed by atoms with E-state index in [4.69, 9.17) is 0 Å². The number of benzene rings is 1. The third kappa shape index (κ3) is 2.37. The van der Waals surface area contributed by atoms with Crippen molar-refractivity contribution < 1.29 is 9.90 Å². The van der Waals surface area contributed by atoms with Crippen LogP contribution in [-0.4, -0.2) is 35.6 Å². The Bertz CT molecular complexity index is 776. The molecule has 3 rings (SSSR count). The Kier molecular flexibility index (Phi) is 3.39. The Labute approximate surface area is 120 Å². The highest BCUT2D eigenvalue weighted by Crippen LogP contribution is 2.21. The van der Waals surface area contributed by atoms with Gasteiger partial charge in [0, 0.05) is 19.2 Å². The lowest BCUT2D eigenvalue weighted by Gasteiger charge is -2.08. The number of carboxylic acid groups (broad SMARTS) is 1. The summed E-state index contributed by atoms with van der Waals surface area (Å²) in [7, 11) is 0. The number of aryl methyl sites for hydroxylation is 3. The highest BCUT2D eigenvalue weighted by molar-refractivity contribution is 6.01. The molecule has 0 aliphatic carbocycles. The number of aromatic nitrogens is 5. The van der Waals surface area contributed by atoms with E-state index in [9.17, 15) is 9.90 Å². The monoisotopic (exact) mass is 285 g/mol. The molecule has 0 atom stereocenters. The summed E-state index contributed by atoms with van der Waals surface area (Å²) in [4.78, 5) is 15.8. The van der Waals surface area contributed by atoms with Crippen LogP contribution in [0.3, 0.4) is 0 Å². The van der Waals surface area contributed by atoms with Crippen molar-refractivity contribution in [3.05, 3.63) is 42.0 Å². The van der Waals surface area contributed by atoms with Crippen LogP contribution in [0.5, 0.6) is 0 Å². The van der Waals surface area contributed by atoms with E-state index in [0.29, 0.717) is 18.6 Å². The van der Waals surface area contributed by atoms with Gasteiger partial charge in [-0.25, -0.2) is 9.78 Å². The van der Waals surface area contributed by atoms with Gasteiger partial charge in [0.1, 0.15) is 11.3 Å². The number of fused-ring (bicyclic) bond motifs is 1. The second kappa shape index (κ2) is 5.35. The van der Waals surface area contributed by atoms with Gasteiger partial charge >= 0.3 is 5.97 Å². The van der Waals surface area contributed by atoms with E-state index in [1.807, 2.05) is 17.6 Å². The Morgan fingerprint density at radius 2 is 2.19 bits per heavy atom. The molecule has 0 bridgehead atoms. The fourth-order valence-corrected chi connectivity index (χ4v) is 2.44. The molecule has 0 fully saturated rings. The number of rotatable bonds is 5. The molecule has 0 radical (unpaired) electrons. The van der Waals surface area contributed by atoms with Crippen molar-refractivity contribution in [1.29, 1.82) is 0 Å². The van der Waals surface area contributed by atoms with Gasteiger partial charge in [-0.2, -0.15) is 0 Å². The van der Waals surface area contributed by atoms with E-state index in [1.165, 1.54) is 0 Å². The third-order valence-electron chi connectivity index (χ3n) is 3.43. The van der Waals surface area contributed by atoms with E-state index in [1.54, 1.807) is 29.2 Å². The second-order valence-electron chi connectivity index (χ2n) is 4.68. The minimum absolute atomic E-state index is 0.238. The van der Waals surface area contributed by atoms with E-state index >= 15 is 0 Å². The molecule has 21 heavy (non-hydrogen) atoms. The van der Waals surface area contributed by atoms with Gasteiger partial charge in [-0.15, -0.1) is 5.10 Å². The number of hydrogen-bond donors (Lipinski definition) is 1. The Morgan fingerprint density at radius 1 is 1.33 bits per heavy atom. The lowest BCUT2D eigenvalue weighted by Crippen LogP contribution is -2.10. The molecule has 0 spiro atoms. The zero-order chi connectivity index (χ0) is 14.8. The van der Waals surface area contributed by atoms with Gasteiger partial charge in [0.15, 0.2) is 0 Å². The first-order valence-corrected chi connectivity index (χ1v) is 6.76. The van der Waals surface area contributed by atoms with Crippen LogP contribution >= 0.6 is 0 Å². The molecule has 0 unspecified atom stereocenters. The third-order valence-corrected chi connectivity index (χ3v) is 3.43. The molecule has 0 aliphatic heterocycles. The summed E-state index contributed by atoms with van der Waals surface area (Å²) >= 11 is 0. The van der Waals surface area contributed by atoms with Crippen LogP contribution in [0.1, 0.15) is 23.1 Å². The molecule has 7 nitrogen and oxygen atoms in total. The summed E-state index contributed by atoms with van der Waals surface area (Å²) in [5, 5.41) is 17.0. The van der Waals surface area contributed by atoms with Crippen LogP contribution in [0.25, 0.3) is 11.0 Å². The maximum Gasteiger partial charge on any atom is 0.337 e. The SMILES string of the molecule is CCc1nc2c(C(=O)O)cccc2n1CCn1ccnn1. The maximum atomic E-state index is 11.3. The molecule has 108 valence electrons. The first-order valence-electron chi connectivity index (χ1n) is 6.76. The summed E-state index contributed by atoms with van der Waals surface area (Å²) in [6, 6.07) is 5.23. The molecule has 0 saturated heterocycles. The molecule has 0 amide bonds. The minimum Gasteiger partial charge on any atom is -0.478 e. The van der Waals surface area contributed by atoms with Crippen LogP contribution in [0.2, 0.25) is 0 Å². The van der Waals surface area contributed by atoms with Crippen molar-refractivity contribution in [3.8, 4) is 0 Å². The zero-order valence-corrected chi connectivity index (χ0v) is 11.6. The van der Waals surface area contributed by atoms with E-state index < -0.39 is 5.97 Å². The van der Waals surface area contributed by atoms with Gasteiger partial charge in [0.05, 0.1) is 23.8 Å². The topological polar surface area (TPSA) is 85.8 Å². The van der Waals surface area contributed by atoms with Crippen molar-refractivity contribution in [2.24, 2.45) is 0 Å². The fraction of sp³-hybridized carbons (Fsp3) is 0.286. The first kappa shape index (κ1) is 13.3. The number of para-hydroxylation sites is 1. The largest absolute Gasteiger partial charge is 0.478 e. The van der Waals surface area contributed by atoms with Gasteiger partial charge in [-0.1, -0.05) is 18.2 Å². The predicted molar refractivity (Wildman–Crippen MR) is 76.1 cm³/mol. The van der Waals surface area contributed by atoms with Crippen LogP contribution in [0.15, 0.2) is 30.6 Å². The van der Waals surface area contributed by atoms with E-state index in [-0.39, 0.29) is 5.56 Å². The first-order chi connectivity index (χ1) is 10.2. The molecular weight excluding hydrogens is 270 g/mol. The molecule has 0 aliphatic rings. The second-order valence-corrected chi connectivity index (χ2v) is 4.68. The zero-order valence-electron chi connectivity index (χ0n) is 11.6. The summed E-state index contributed by atoms with van der Waals surface area (Å²) in [6.45, 7) is 3.34. The molecule has 2 heterocycles. The minimum atomic E-state index is -0.954. The normalized spacial score (nSPS) is 11.1. The summed E-state index contributed by atoms with van der Waals surface area (Å²) < 4.78 is 3.79. The summed E-state index contributed by atoms with van der Waals surface area (Å²) in [5.74, 6) is -0.0806. The predicted octanol–water partition coefficient (Wildman–Crippen LogP) is 1.59. The smallest absolute Gasteiger partial charge is 0.337 e. The Morgan fingerprint density at radius 3 is 2.86 bits per heavy atom. The number of carboxylic acids is 1. The molecule has 3 aromatic rings. The van der Waals surface area contributed by atoms with E-state index in [2.05, 4.69) is 15.3 Å².